The van der Waals surface area contributed by atoms with Crippen LogP contribution in [0.4, 0.5) is 10.5 Å². The monoisotopic (exact) mass is 354 g/mol. The first-order valence-electron chi connectivity index (χ1n) is 7.16. The minimum absolute atomic E-state index is 0.0645. The van der Waals surface area contributed by atoms with Gasteiger partial charge in [0.2, 0.25) is 0 Å². The molecule has 0 aromatic heterocycles. The number of nitrogens with one attached hydrogen (secondary N) is 2. The molecule has 0 bridgehead atoms. The number of ketones is 1. The Morgan fingerprint density at radius 2 is 1.67 bits per heavy atom. The Morgan fingerprint density at radius 3 is 2.14 bits per heavy atom. The molecule has 0 spiro atoms. The molecule has 116 valence electrons. The van der Waals surface area contributed by atoms with Gasteiger partial charge >= 0.3 is 6.03 Å². The lowest BCUT2D eigenvalue weighted by Crippen LogP contribution is -2.45. The number of benzene rings is 1. The van der Waals surface area contributed by atoms with E-state index >= 15 is 0 Å². The van der Waals surface area contributed by atoms with Crippen molar-refractivity contribution in [2.75, 3.05) is 5.32 Å². The van der Waals surface area contributed by atoms with Crippen LogP contribution in [-0.4, -0.2) is 17.9 Å². The summed E-state index contributed by atoms with van der Waals surface area (Å²) in [5, 5.41) is 5.52. The van der Waals surface area contributed by atoms with Crippen molar-refractivity contribution in [1.29, 1.82) is 0 Å². The SMILES string of the molecule is CC(C)C[C@H](NC(=O)Nc1ccc(Br)cc1)C(=O)C(C)C. The fraction of sp³-hybridized carbons (Fsp3) is 0.500. The highest BCUT2D eigenvalue weighted by Gasteiger charge is 2.23. The average molecular weight is 355 g/mol. The van der Waals surface area contributed by atoms with Crippen molar-refractivity contribution in [2.45, 2.75) is 40.2 Å². The Bertz CT molecular complexity index is 484. The number of urea groups is 1. The summed E-state index contributed by atoms with van der Waals surface area (Å²) < 4.78 is 0.945. The van der Waals surface area contributed by atoms with Gasteiger partial charge in [-0.25, -0.2) is 4.79 Å². The molecule has 4 nitrogen and oxygen atoms in total. The van der Waals surface area contributed by atoms with Crippen molar-refractivity contribution < 1.29 is 9.59 Å². The lowest BCUT2D eigenvalue weighted by molar-refractivity contribution is -0.124. The fourth-order valence-electron chi connectivity index (χ4n) is 1.98. The van der Waals surface area contributed by atoms with E-state index < -0.39 is 6.04 Å². The van der Waals surface area contributed by atoms with Gasteiger partial charge in [-0.05, 0) is 36.6 Å². The molecule has 1 aromatic carbocycles. The third kappa shape index (κ3) is 6.29. The van der Waals surface area contributed by atoms with Crippen molar-refractivity contribution in [3.63, 3.8) is 0 Å². The van der Waals surface area contributed by atoms with Gasteiger partial charge in [-0.15, -0.1) is 0 Å². The van der Waals surface area contributed by atoms with Gasteiger partial charge in [0.15, 0.2) is 5.78 Å². The highest BCUT2D eigenvalue weighted by molar-refractivity contribution is 9.10. The van der Waals surface area contributed by atoms with Crippen LogP contribution in [-0.2, 0) is 4.79 Å². The van der Waals surface area contributed by atoms with Crippen LogP contribution in [0.1, 0.15) is 34.1 Å². The molecule has 0 aliphatic rings. The molecule has 0 saturated carbocycles. The number of hydrogen-bond donors (Lipinski definition) is 2. The number of carbonyl (C=O) groups excluding carboxylic acids is 2. The molecule has 1 rings (SSSR count). The molecule has 1 atom stereocenters. The maximum atomic E-state index is 12.2. The van der Waals surface area contributed by atoms with Crippen LogP contribution in [0.3, 0.4) is 0 Å². The van der Waals surface area contributed by atoms with Crippen LogP contribution in [0.15, 0.2) is 28.7 Å². The smallest absolute Gasteiger partial charge is 0.319 e. The first-order valence-corrected chi connectivity index (χ1v) is 7.95. The van der Waals surface area contributed by atoms with E-state index in [0.717, 1.165) is 4.47 Å². The zero-order valence-corrected chi connectivity index (χ0v) is 14.5. The summed E-state index contributed by atoms with van der Waals surface area (Å²) in [6, 6.07) is 6.50. The van der Waals surface area contributed by atoms with E-state index in [2.05, 4.69) is 26.6 Å². The molecule has 2 amide bonds. The summed E-state index contributed by atoms with van der Waals surface area (Å²) in [6.07, 6.45) is 0.644. The summed E-state index contributed by atoms with van der Waals surface area (Å²) in [5.41, 5.74) is 0.691. The molecule has 0 aliphatic carbocycles. The summed E-state index contributed by atoms with van der Waals surface area (Å²) in [7, 11) is 0. The van der Waals surface area contributed by atoms with E-state index in [1.165, 1.54) is 0 Å². The molecular weight excluding hydrogens is 332 g/mol. The van der Waals surface area contributed by atoms with Crippen molar-refractivity contribution in [3.8, 4) is 0 Å². The van der Waals surface area contributed by atoms with Gasteiger partial charge in [-0.3, -0.25) is 4.79 Å². The van der Waals surface area contributed by atoms with Crippen LogP contribution < -0.4 is 10.6 Å². The molecular formula is C16H23BrN2O2. The zero-order chi connectivity index (χ0) is 16.0. The zero-order valence-electron chi connectivity index (χ0n) is 12.9. The minimum Gasteiger partial charge on any atom is -0.328 e. The number of hydrogen-bond acceptors (Lipinski definition) is 2. The maximum absolute atomic E-state index is 12.2. The van der Waals surface area contributed by atoms with E-state index in [1.54, 1.807) is 12.1 Å². The first kappa shape index (κ1) is 17.7. The van der Waals surface area contributed by atoms with Gasteiger partial charge in [-0.1, -0.05) is 43.6 Å². The van der Waals surface area contributed by atoms with Crippen LogP contribution in [0, 0.1) is 11.8 Å². The largest absolute Gasteiger partial charge is 0.328 e. The first-order chi connectivity index (χ1) is 9.79. The van der Waals surface area contributed by atoms with E-state index in [9.17, 15) is 9.59 Å². The molecule has 0 heterocycles. The number of halogens is 1. The minimum atomic E-state index is -0.444. The number of Topliss-reactive ketones (excluding diaryl/α,β-unsaturated/α-hetero) is 1. The average Bonchev–Trinajstić information content (AvgIpc) is 2.39. The topological polar surface area (TPSA) is 58.2 Å². The van der Waals surface area contributed by atoms with E-state index in [1.807, 2.05) is 39.8 Å². The predicted molar refractivity (Wildman–Crippen MR) is 89.4 cm³/mol. The highest BCUT2D eigenvalue weighted by atomic mass is 79.9. The summed E-state index contributed by atoms with van der Waals surface area (Å²) >= 11 is 3.34. The van der Waals surface area contributed by atoms with Crippen LogP contribution in [0.5, 0.6) is 0 Å². The number of rotatable bonds is 6. The number of anilines is 1. The normalized spacial score (nSPS) is 12.3. The number of carbonyl (C=O) groups is 2. The second-order valence-corrected chi connectivity index (χ2v) is 6.76. The Kier molecular flexibility index (Phi) is 6.89. The van der Waals surface area contributed by atoms with Gasteiger partial charge in [0, 0.05) is 16.1 Å². The Morgan fingerprint density at radius 1 is 1.10 bits per heavy atom. The second kappa shape index (κ2) is 8.17. The maximum Gasteiger partial charge on any atom is 0.319 e. The molecule has 0 fully saturated rings. The summed E-state index contributed by atoms with van der Waals surface area (Å²) in [4.78, 5) is 24.2. The molecule has 21 heavy (non-hydrogen) atoms. The quantitative estimate of drug-likeness (QED) is 0.803. The highest BCUT2D eigenvalue weighted by Crippen LogP contribution is 2.15. The predicted octanol–water partition coefficient (Wildman–Crippen LogP) is 4.21. The fourth-order valence-corrected chi connectivity index (χ4v) is 2.24. The standard InChI is InChI=1S/C16H23BrN2O2/c1-10(2)9-14(15(20)11(3)4)19-16(21)18-13-7-5-12(17)6-8-13/h5-8,10-11,14H,9H2,1-4H3,(H2,18,19,21)/t14-/m0/s1. The number of amides is 2. The molecule has 1 aromatic rings. The van der Waals surface area contributed by atoms with Crippen LogP contribution in [0.25, 0.3) is 0 Å². The van der Waals surface area contributed by atoms with Gasteiger partial charge in [0.25, 0.3) is 0 Å². The molecule has 0 aliphatic heterocycles. The second-order valence-electron chi connectivity index (χ2n) is 5.84. The third-order valence-electron chi connectivity index (χ3n) is 3.03. The van der Waals surface area contributed by atoms with Crippen LogP contribution in [0.2, 0.25) is 0 Å². The summed E-state index contributed by atoms with van der Waals surface area (Å²) in [6.45, 7) is 7.78. The van der Waals surface area contributed by atoms with Gasteiger partial charge in [0.1, 0.15) is 0 Å². The van der Waals surface area contributed by atoms with Crippen molar-refractivity contribution in [1.82, 2.24) is 5.32 Å². The lowest BCUT2D eigenvalue weighted by atomic mass is 9.94. The third-order valence-corrected chi connectivity index (χ3v) is 3.56. The van der Waals surface area contributed by atoms with E-state index in [-0.39, 0.29) is 17.7 Å². The lowest BCUT2D eigenvalue weighted by Gasteiger charge is -2.21. The molecule has 0 unspecified atom stereocenters. The van der Waals surface area contributed by atoms with Crippen molar-refractivity contribution in [3.05, 3.63) is 28.7 Å². The molecule has 0 saturated heterocycles. The van der Waals surface area contributed by atoms with Gasteiger partial charge in [0.05, 0.1) is 6.04 Å². The van der Waals surface area contributed by atoms with Crippen molar-refractivity contribution >= 4 is 33.4 Å². The Balaban J connectivity index is 2.67. The van der Waals surface area contributed by atoms with E-state index in [4.69, 9.17) is 0 Å². The van der Waals surface area contributed by atoms with Crippen molar-refractivity contribution in [2.24, 2.45) is 11.8 Å². The molecule has 5 heteroatoms. The summed E-state index contributed by atoms with van der Waals surface area (Å²) in [5.74, 6) is 0.307. The van der Waals surface area contributed by atoms with Gasteiger partial charge in [-0.2, -0.15) is 0 Å². The van der Waals surface area contributed by atoms with Crippen LogP contribution >= 0.6 is 15.9 Å². The Labute approximate surface area is 134 Å². The Hall–Kier alpha value is -1.36. The molecule has 2 N–H and O–H groups in total. The van der Waals surface area contributed by atoms with E-state index in [0.29, 0.717) is 18.0 Å². The molecule has 0 radical (unpaired) electrons. The van der Waals surface area contributed by atoms with Gasteiger partial charge < -0.3 is 10.6 Å².